The Hall–Kier alpha value is -1.39. The first-order valence-corrected chi connectivity index (χ1v) is 7.87. The molecule has 1 amide bonds. The lowest BCUT2D eigenvalue weighted by Crippen LogP contribution is -2.36. The summed E-state index contributed by atoms with van der Waals surface area (Å²) in [7, 11) is 0. The lowest BCUT2D eigenvalue weighted by atomic mass is 9.85. The normalized spacial score (nSPS) is 21.5. The Kier molecular flexibility index (Phi) is 6.21. The highest BCUT2D eigenvalue weighted by atomic mass is 16.3. The van der Waals surface area contributed by atoms with Gasteiger partial charge in [-0.2, -0.15) is 0 Å². The van der Waals surface area contributed by atoms with Crippen LogP contribution >= 0.6 is 0 Å². The molecule has 0 radical (unpaired) electrons. The van der Waals surface area contributed by atoms with Crippen molar-refractivity contribution in [3.05, 3.63) is 35.9 Å². The summed E-state index contributed by atoms with van der Waals surface area (Å²) < 4.78 is 0. The van der Waals surface area contributed by atoms with Gasteiger partial charge in [-0.3, -0.25) is 4.79 Å². The number of amides is 1. The van der Waals surface area contributed by atoms with Crippen LogP contribution in [0.4, 0.5) is 0 Å². The first-order chi connectivity index (χ1) is 10.2. The minimum atomic E-state index is -0.637. The van der Waals surface area contributed by atoms with Gasteiger partial charge in [-0.05, 0) is 43.3 Å². The molecule has 0 aliphatic carbocycles. The van der Waals surface area contributed by atoms with Gasteiger partial charge in [0.2, 0.25) is 5.91 Å². The van der Waals surface area contributed by atoms with Crippen molar-refractivity contribution in [2.75, 3.05) is 19.6 Å². The molecule has 4 heteroatoms. The third kappa shape index (κ3) is 5.14. The predicted octanol–water partition coefficient (Wildman–Crippen LogP) is 1.86. The molecule has 0 aromatic heterocycles. The minimum Gasteiger partial charge on any atom is -0.387 e. The zero-order valence-electron chi connectivity index (χ0n) is 12.7. The Morgan fingerprint density at radius 2 is 2.19 bits per heavy atom. The number of piperidine rings is 1. The molecule has 21 heavy (non-hydrogen) atoms. The summed E-state index contributed by atoms with van der Waals surface area (Å²) in [5.41, 5.74) is 0.835. The number of carbonyl (C=O) groups excluding carboxylic acids is 1. The molecular formula is C17H26N2O2. The highest BCUT2D eigenvalue weighted by Gasteiger charge is 2.22. The second kappa shape index (κ2) is 8.15. The number of benzene rings is 1. The van der Waals surface area contributed by atoms with E-state index in [0.717, 1.165) is 18.7 Å². The van der Waals surface area contributed by atoms with Crippen molar-refractivity contribution in [3.8, 4) is 0 Å². The van der Waals surface area contributed by atoms with Crippen molar-refractivity contribution >= 4 is 5.91 Å². The van der Waals surface area contributed by atoms with Gasteiger partial charge in [0.25, 0.3) is 0 Å². The van der Waals surface area contributed by atoms with Gasteiger partial charge in [-0.1, -0.05) is 37.3 Å². The standard InChI is InChI=1S/C17H26N2O2/c1-13(15-8-5-9-18-11-15)10-17(21)19-12-16(20)14-6-3-2-4-7-14/h2-4,6-7,13,15-16,18,20H,5,8-12H2,1H3,(H,19,21). The number of aliphatic hydroxyl groups is 1. The maximum Gasteiger partial charge on any atom is 0.220 e. The Labute approximate surface area is 126 Å². The third-order valence-electron chi connectivity index (χ3n) is 4.32. The average molecular weight is 290 g/mol. The highest BCUT2D eigenvalue weighted by Crippen LogP contribution is 2.22. The number of hydrogen-bond acceptors (Lipinski definition) is 3. The molecule has 3 N–H and O–H groups in total. The van der Waals surface area contributed by atoms with Crippen LogP contribution in [0.1, 0.15) is 37.9 Å². The fourth-order valence-corrected chi connectivity index (χ4v) is 2.90. The fourth-order valence-electron chi connectivity index (χ4n) is 2.90. The molecule has 0 saturated carbocycles. The largest absolute Gasteiger partial charge is 0.387 e. The second-order valence-corrected chi connectivity index (χ2v) is 6.02. The van der Waals surface area contributed by atoms with Crippen LogP contribution in [0.5, 0.6) is 0 Å². The summed E-state index contributed by atoms with van der Waals surface area (Å²) in [6.45, 7) is 4.53. The van der Waals surface area contributed by atoms with Crippen molar-refractivity contribution in [2.45, 2.75) is 32.3 Å². The number of carbonyl (C=O) groups is 1. The van der Waals surface area contributed by atoms with Gasteiger partial charge in [-0.25, -0.2) is 0 Å². The summed E-state index contributed by atoms with van der Waals surface area (Å²) in [6.07, 6.45) is 2.30. The van der Waals surface area contributed by atoms with Gasteiger partial charge in [0.05, 0.1) is 6.10 Å². The summed E-state index contributed by atoms with van der Waals surface area (Å²) in [4.78, 5) is 12.0. The first-order valence-electron chi connectivity index (χ1n) is 7.87. The van der Waals surface area contributed by atoms with Gasteiger partial charge >= 0.3 is 0 Å². The molecule has 0 bridgehead atoms. The Bertz CT molecular complexity index is 430. The fraction of sp³-hybridized carbons (Fsp3) is 0.588. The van der Waals surface area contributed by atoms with E-state index in [4.69, 9.17) is 0 Å². The van der Waals surface area contributed by atoms with Crippen LogP contribution in [0.2, 0.25) is 0 Å². The molecule has 1 heterocycles. The van der Waals surface area contributed by atoms with Crippen LogP contribution in [0.3, 0.4) is 0 Å². The highest BCUT2D eigenvalue weighted by molar-refractivity contribution is 5.76. The van der Waals surface area contributed by atoms with Crippen LogP contribution in [0.15, 0.2) is 30.3 Å². The van der Waals surface area contributed by atoms with E-state index < -0.39 is 6.10 Å². The summed E-state index contributed by atoms with van der Waals surface area (Å²) in [5.74, 6) is 0.998. The zero-order valence-corrected chi connectivity index (χ0v) is 12.7. The Balaban J connectivity index is 1.71. The molecule has 2 rings (SSSR count). The van der Waals surface area contributed by atoms with Crippen molar-refractivity contribution in [1.29, 1.82) is 0 Å². The molecule has 1 aromatic carbocycles. The van der Waals surface area contributed by atoms with E-state index in [-0.39, 0.29) is 12.5 Å². The molecule has 1 fully saturated rings. The molecule has 3 atom stereocenters. The Morgan fingerprint density at radius 1 is 1.43 bits per heavy atom. The van der Waals surface area contributed by atoms with Crippen LogP contribution in [0.25, 0.3) is 0 Å². The Morgan fingerprint density at radius 3 is 2.86 bits per heavy atom. The molecule has 3 unspecified atom stereocenters. The van der Waals surface area contributed by atoms with Gasteiger partial charge in [0.1, 0.15) is 0 Å². The maximum absolute atomic E-state index is 12.0. The second-order valence-electron chi connectivity index (χ2n) is 6.02. The molecule has 1 aliphatic rings. The van der Waals surface area contributed by atoms with Crippen molar-refractivity contribution in [3.63, 3.8) is 0 Å². The molecule has 1 aliphatic heterocycles. The summed E-state index contributed by atoms with van der Waals surface area (Å²) >= 11 is 0. The third-order valence-corrected chi connectivity index (χ3v) is 4.32. The van der Waals surface area contributed by atoms with Crippen molar-refractivity contribution in [2.24, 2.45) is 11.8 Å². The van der Waals surface area contributed by atoms with E-state index in [0.29, 0.717) is 18.3 Å². The predicted molar refractivity (Wildman–Crippen MR) is 83.8 cm³/mol. The van der Waals surface area contributed by atoms with E-state index in [1.165, 1.54) is 12.8 Å². The monoisotopic (exact) mass is 290 g/mol. The van der Waals surface area contributed by atoms with Crippen LogP contribution in [0, 0.1) is 11.8 Å². The quantitative estimate of drug-likeness (QED) is 0.749. The SMILES string of the molecule is CC(CC(=O)NCC(O)c1ccccc1)C1CCCNC1. The molecule has 4 nitrogen and oxygen atoms in total. The molecule has 1 aromatic rings. The van der Waals surface area contributed by atoms with Crippen LogP contribution < -0.4 is 10.6 Å². The number of aliphatic hydroxyl groups excluding tert-OH is 1. The topological polar surface area (TPSA) is 61.4 Å². The smallest absolute Gasteiger partial charge is 0.220 e. The average Bonchev–Trinajstić information content (AvgIpc) is 2.54. The van der Waals surface area contributed by atoms with E-state index in [1.54, 1.807) is 0 Å². The minimum absolute atomic E-state index is 0.0306. The molecule has 1 saturated heterocycles. The van der Waals surface area contributed by atoms with E-state index >= 15 is 0 Å². The summed E-state index contributed by atoms with van der Waals surface area (Å²) in [5, 5.41) is 16.3. The zero-order chi connectivity index (χ0) is 15.1. The van der Waals surface area contributed by atoms with Gasteiger partial charge in [0, 0.05) is 13.0 Å². The first kappa shape index (κ1) is 16.0. The van der Waals surface area contributed by atoms with Gasteiger partial charge in [-0.15, -0.1) is 0 Å². The van der Waals surface area contributed by atoms with Crippen LogP contribution in [-0.2, 0) is 4.79 Å². The van der Waals surface area contributed by atoms with E-state index in [1.807, 2.05) is 30.3 Å². The van der Waals surface area contributed by atoms with E-state index in [9.17, 15) is 9.90 Å². The van der Waals surface area contributed by atoms with Crippen LogP contribution in [-0.4, -0.2) is 30.6 Å². The lowest BCUT2D eigenvalue weighted by Gasteiger charge is -2.28. The van der Waals surface area contributed by atoms with E-state index in [2.05, 4.69) is 17.6 Å². The molecular weight excluding hydrogens is 264 g/mol. The molecule has 116 valence electrons. The summed E-state index contributed by atoms with van der Waals surface area (Å²) in [6, 6.07) is 9.42. The van der Waals surface area contributed by atoms with Crippen molar-refractivity contribution in [1.82, 2.24) is 10.6 Å². The number of nitrogens with one attached hydrogen (secondary N) is 2. The van der Waals surface area contributed by atoms with Gasteiger partial charge in [0.15, 0.2) is 0 Å². The number of rotatable bonds is 6. The van der Waals surface area contributed by atoms with Gasteiger partial charge < -0.3 is 15.7 Å². The number of hydrogen-bond donors (Lipinski definition) is 3. The lowest BCUT2D eigenvalue weighted by molar-refractivity contribution is -0.122. The maximum atomic E-state index is 12.0. The molecule has 0 spiro atoms. The van der Waals surface area contributed by atoms with Crippen molar-refractivity contribution < 1.29 is 9.90 Å².